The van der Waals surface area contributed by atoms with Gasteiger partial charge in [-0.1, -0.05) is 0 Å². The molecule has 1 N–H and O–H groups in total. The second-order valence-electron chi connectivity index (χ2n) is 2.95. The van der Waals surface area contributed by atoms with Gasteiger partial charge in [0.1, 0.15) is 0 Å². The Morgan fingerprint density at radius 1 is 1.53 bits per heavy atom. The number of likely N-dealkylation sites (N-methyl/N-ethyl adjacent to an activating group) is 1. The van der Waals surface area contributed by atoms with Gasteiger partial charge in [0.2, 0.25) is 0 Å². The minimum Gasteiger partial charge on any atom is -0.476 e. The van der Waals surface area contributed by atoms with E-state index in [1.165, 1.54) is 12.4 Å². The molecule has 6 heteroatoms. The first-order valence-corrected chi connectivity index (χ1v) is 4.41. The van der Waals surface area contributed by atoms with Crippen molar-refractivity contribution in [2.45, 2.75) is 0 Å². The lowest BCUT2D eigenvalue weighted by molar-refractivity contribution is 0.0690. The maximum Gasteiger partial charge on any atom is 0.358 e. The second kappa shape index (κ2) is 5.26. The normalized spacial score (nSPS) is 10.0. The molecule has 6 nitrogen and oxygen atoms in total. The number of hydrogen-bond acceptors (Lipinski definition) is 5. The lowest BCUT2D eigenvalue weighted by Crippen LogP contribution is -2.25. The van der Waals surface area contributed by atoms with Crippen LogP contribution in [-0.2, 0) is 4.74 Å². The summed E-state index contributed by atoms with van der Waals surface area (Å²) in [5.41, 5.74) is -0.0453. The Labute approximate surface area is 87.5 Å². The molecule has 0 amide bonds. The number of nitrogens with zero attached hydrogens (tertiary/aromatic N) is 3. The van der Waals surface area contributed by atoms with E-state index in [4.69, 9.17) is 9.84 Å². The number of carboxylic acids is 1. The Balaban J connectivity index is 2.87. The topological polar surface area (TPSA) is 75.5 Å². The summed E-state index contributed by atoms with van der Waals surface area (Å²) in [4.78, 5) is 20.3. The largest absolute Gasteiger partial charge is 0.476 e. The van der Waals surface area contributed by atoms with E-state index >= 15 is 0 Å². The van der Waals surface area contributed by atoms with Gasteiger partial charge >= 0.3 is 5.97 Å². The zero-order chi connectivity index (χ0) is 11.3. The highest BCUT2D eigenvalue weighted by Gasteiger charge is 2.15. The highest BCUT2D eigenvalue weighted by Crippen LogP contribution is 2.12. The van der Waals surface area contributed by atoms with E-state index in [9.17, 15) is 4.79 Å². The van der Waals surface area contributed by atoms with Crippen LogP contribution in [-0.4, -0.2) is 48.4 Å². The smallest absolute Gasteiger partial charge is 0.358 e. The van der Waals surface area contributed by atoms with Crippen LogP contribution in [0, 0.1) is 0 Å². The van der Waals surface area contributed by atoms with Crippen LogP contribution in [0.3, 0.4) is 0 Å². The van der Waals surface area contributed by atoms with Crippen LogP contribution in [0.5, 0.6) is 0 Å². The van der Waals surface area contributed by atoms with Crippen LogP contribution in [0.15, 0.2) is 12.4 Å². The summed E-state index contributed by atoms with van der Waals surface area (Å²) < 4.78 is 4.90. The van der Waals surface area contributed by atoms with Gasteiger partial charge in [-0.2, -0.15) is 0 Å². The molecule has 15 heavy (non-hydrogen) atoms. The second-order valence-corrected chi connectivity index (χ2v) is 2.95. The SMILES string of the molecule is COCCN(C)c1nccnc1C(=O)O. The summed E-state index contributed by atoms with van der Waals surface area (Å²) in [7, 11) is 3.33. The number of rotatable bonds is 5. The summed E-state index contributed by atoms with van der Waals surface area (Å²) >= 11 is 0. The standard InChI is InChI=1S/C9H13N3O3/c1-12(5-6-15-2)8-7(9(13)14)10-3-4-11-8/h3-4H,5-6H2,1-2H3,(H,13,14). The molecular weight excluding hydrogens is 198 g/mol. The summed E-state index contributed by atoms with van der Waals surface area (Å²) in [5.74, 6) is -0.732. The first-order valence-electron chi connectivity index (χ1n) is 4.41. The predicted molar refractivity (Wildman–Crippen MR) is 54.1 cm³/mol. The molecule has 0 saturated heterocycles. The lowest BCUT2D eigenvalue weighted by Gasteiger charge is -2.18. The molecule has 1 heterocycles. The van der Waals surface area contributed by atoms with Crippen LogP contribution < -0.4 is 4.90 Å². The zero-order valence-electron chi connectivity index (χ0n) is 8.67. The number of ether oxygens (including phenoxy) is 1. The molecule has 82 valence electrons. The number of carbonyl (C=O) groups is 1. The molecule has 0 spiro atoms. The van der Waals surface area contributed by atoms with Gasteiger partial charge in [-0.3, -0.25) is 0 Å². The van der Waals surface area contributed by atoms with Gasteiger partial charge in [-0.05, 0) is 0 Å². The molecule has 0 fully saturated rings. The van der Waals surface area contributed by atoms with Gasteiger partial charge in [0.25, 0.3) is 0 Å². The van der Waals surface area contributed by atoms with Crippen LogP contribution in [0.4, 0.5) is 5.82 Å². The van der Waals surface area contributed by atoms with E-state index in [0.29, 0.717) is 19.0 Å². The van der Waals surface area contributed by atoms with Gasteiger partial charge in [0, 0.05) is 33.1 Å². The van der Waals surface area contributed by atoms with Crippen molar-refractivity contribution in [1.82, 2.24) is 9.97 Å². The highest BCUT2D eigenvalue weighted by atomic mass is 16.5. The fourth-order valence-electron chi connectivity index (χ4n) is 1.10. The molecule has 0 saturated carbocycles. The third-order valence-electron chi connectivity index (χ3n) is 1.87. The fourth-order valence-corrected chi connectivity index (χ4v) is 1.10. The predicted octanol–water partition coefficient (Wildman–Crippen LogP) is 0.257. The Morgan fingerprint density at radius 2 is 2.20 bits per heavy atom. The van der Waals surface area contributed by atoms with Gasteiger partial charge in [0.15, 0.2) is 11.5 Å². The Hall–Kier alpha value is -1.69. The molecular formula is C9H13N3O3. The zero-order valence-corrected chi connectivity index (χ0v) is 8.67. The van der Waals surface area contributed by atoms with Crippen molar-refractivity contribution in [2.75, 3.05) is 32.2 Å². The maximum atomic E-state index is 10.8. The molecule has 0 aliphatic carbocycles. The van der Waals surface area contributed by atoms with E-state index < -0.39 is 5.97 Å². The van der Waals surface area contributed by atoms with Crippen molar-refractivity contribution < 1.29 is 14.6 Å². The number of hydrogen-bond donors (Lipinski definition) is 1. The summed E-state index contributed by atoms with van der Waals surface area (Å²) in [6.45, 7) is 1.07. The van der Waals surface area contributed by atoms with E-state index in [0.717, 1.165) is 0 Å². The van der Waals surface area contributed by atoms with E-state index in [1.54, 1.807) is 19.1 Å². The number of methoxy groups -OCH3 is 1. The van der Waals surface area contributed by atoms with Crippen molar-refractivity contribution in [3.05, 3.63) is 18.1 Å². The van der Waals surface area contributed by atoms with Gasteiger partial charge in [-0.25, -0.2) is 14.8 Å². The van der Waals surface area contributed by atoms with E-state index in [1.807, 2.05) is 0 Å². The molecule has 0 aliphatic rings. The van der Waals surface area contributed by atoms with Crippen LogP contribution in [0.1, 0.15) is 10.5 Å². The van der Waals surface area contributed by atoms with Crippen molar-refractivity contribution in [3.63, 3.8) is 0 Å². The molecule has 0 unspecified atom stereocenters. The number of aromatic carboxylic acids is 1. The minimum atomic E-state index is -1.08. The summed E-state index contributed by atoms with van der Waals surface area (Å²) in [6.07, 6.45) is 2.82. The number of aromatic nitrogens is 2. The first-order chi connectivity index (χ1) is 7.16. The molecule has 0 aromatic carbocycles. The maximum absolute atomic E-state index is 10.8. The van der Waals surface area contributed by atoms with Gasteiger partial charge in [0.05, 0.1) is 6.61 Å². The summed E-state index contributed by atoms with van der Waals surface area (Å²) in [5, 5.41) is 8.88. The van der Waals surface area contributed by atoms with E-state index in [-0.39, 0.29) is 5.69 Å². The molecule has 1 aromatic heterocycles. The van der Waals surface area contributed by atoms with Crippen LogP contribution >= 0.6 is 0 Å². The number of carboxylic acid groups (broad SMARTS) is 1. The fraction of sp³-hybridized carbons (Fsp3) is 0.444. The van der Waals surface area contributed by atoms with Crippen LogP contribution in [0.2, 0.25) is 0 Å². The third kappa shape index (κ3) is 2.88. The van der Waals surface area contributed by atoms with Crippen molar-refractivity contribution in [2.24, 2.45) is 0 Å². The van der Waals surface area contributed by atoms with Crippen molar-refractivity contribution in [3.8, 4) is 0 Å². The Morgan fingerprint density at radius 3 is 2.80 bits per heavy atom. The summed E-state index contributed by atoms with van der Waals surface area (Å²) in [6, 6.07) is 0. The Bertz CT molecular complexity index is 343. The molecule has 0 bridgehead atoms. The van der Waals surface area contributed by atoms with Crippen LogP contribution in [0.25, 0.3) is 0 Å². The highest BCUT2D eigenvalue weighted by molar-refractivity contribution is 5.90. The molecule has 1 aromatic rings. The lowest BCUT2D eigenvalue weighted by atomic mass is 10.4. The number of anilines is 1. The average Bonchev–Trinajstić information content (AvgIpc) is 2.25. The molecule has 0 aliphatic heterocycles. The first kappa shape index (κ1) is 11.4. The molecule has 1 rings (SSSR count). The van der Waals surface area contributed by atoms with Crippen molar-refractivity contribution in [1.29, 1.82) is 0 Å². The van der Waals surface area contributed by atoms with Gasteiger partial charge < -0.3 is 14.7 Å². The quantitative estimate of drug-likeness (QED) is 0.752. The Kier molecular flexibility index (Phi) is 3.99. The molecule has 0 radical (unpaired) electrons. The molecule has 0 atom stereocenters. The monoisotopic (exact) mass is 211 g/mol. The van der Waals surface area contributed by atoms with Crippen molar-refractivity contribution >= 4 is 11.8 Å². The van der Waals surface area contributed by atoms with Gasteiger partial charge in [-0.15, -0.1) is 0 Å². The average molecular weight is 211 g/mol. The minimum absolute atomic E-state index is 0.0453. The van der Waals surface area contributed by atoms with E-state index in [2.05, 4.69) is 9.97 Å². The third-order valence-corrected chi connectivity index (χ3v) is 1.87.